The van der Waals surface area contributed by atoms with Crippen LogP contribution in [-0.4, -0.2) is 26.3 Å². The fraction of sp³-hybridized carbons (Fsp3) is 1.00. The minimum absolute atomic E-state index is 0.124. The zero-order chi connectivity index (χ0) is 12.9. The van der Waals surface area contributed by atoms with E-state index in [1.807, 2.05) is 6.92 Å². The molecule has 0 aromatic carbocycles. The van der Waals surface area contributed by atoms with Crippen molar-refractivity contribution in [2.45, 2.75) is 63.7 Å². The van der Waals surface area contributed by atoms with E-state index in [4.69, 9.17) is 5.73 Å². The van der Waals surface area contributed by atoms with E-state index in [-0.39, 0.29) is 12.6 Å². The average molecular weight is 262 g/mol. The Hall–Kier alpha value is -0.130. The Morgan fingerprint density at radius 3 is 2.47 bits per heavy atom. The quantitative estimate of drug-likeness (QED) is 0.764. The number of hydrogen-bond acceptors (Lipinski definition) is 3. The lowest BCUT2D eigenvalue weighted by molar-refractivity contribution is 0.281. The molecule has 3 unspecified atom stereocenters. The Bertz CT molecular complexity index is 312. The summed E-state index contributed by atoms with van der Waals surface area (Å²) in [5, 5.41) is -0.443. The maximum Gasteiger partial charge on any atom is 0.215 e. The molecule has 0 spiro atoms. The molecule has 0 bridgehead atoms. The van der Waals surface area contributed by atoms with Gasteiger partial charge in [-0.05, 0) is 25.2 Å². The van der Waals surface area contributed by atoms with Gasteiger partial charge in [-0.25, -0.2) is 13.1 Å². The summed E-state index contributed by atoms with van der Waals surface area (Å²) in [4.78, 5) is 0. The highest BCUT2D eigenvalue weighted by molar-refractivity contribution is 7.90. The van der Waals surface area contributed by atoms with E-state index in [1.165, 1.54) is 6.42 Å². The van der Waals surface area contributed by atoms with Crippen LogP contribution in [0.3, 0.4) is 0 Å². The van der Waals surface area contributed by atoms with E-state index in [1.54, 1.807) is 0 Å². The lowest BCUT2D eigenvalue weighted by atomic mass is 9.83. The van der Waals surface area contributed by atoms with Crippen LogP contribution in [0.2, 0.25) is 0 Å². The van der Waals surface area contributed by atoms with Gasteiger partial charge in [0.25, 0.3) is 0 Å². The number of sulfonamides is 1. The molecule has 5 heteroatoms. The predicted octanol–water partition coefficient (Wildman–Crippen LogP) is 1.61. The van der Waals surface area contributed by atoms with Gasteiger partial charge in [0.1, 0.15) is 0 Å². The lowest BCUT2D eigenvalue weighted by Crippen LogP contribution is -2.47. The van der Waals surface area contributed by atoms with Gasteiger partial charge in [0.15, 0.2) is 0 Å². The van der Waals surface area contributed by atoms with Crippen LogP contribution in [0.1, 0.15) is 52.4 Å². The van der Waals surface area contributed by atoms with Crippen molar-refractivity contribution < 1.29 is 8.42 Å². The molecule has 0 aromatic heterocycles. The van der Waals surface area contributed by atoms with E-state index in [0.29, 0.717) is 12.3 Å². The van der Waals surface area contributed by atoms with Crippen molar-refractivity contribution in [1.82, 2.24) is 4.72 Å². The van der Waals surface area contributed by atoms with Gasteiger partial charge in [-0.2, -0.15) is 0 Å². The molecule has 1 aliphatic carbocycles. The Morgan fingerprint density at radius 1 is 1.29 bits per heavy atom. The first-order valence-corrected chi connectivity index (χ1v) is 8.31. The van der Waals surface area contributed by atoms with Gasteiger partial charge in [-0.3, -0.25) is 0 Å². The zero-order valence-corrected chi connectivity index (χ0v) is 11.8. The molecule has 0 heterocycles. The molecule has 17 heavy (non-hydrogen) atoms. The number of rotatable bonds is 6. The van der Waals surface area contributed by atoms with Gasteiger partial charge in [-0.1, -0.05) is 33.1 Å². The monoisotopic (exact) mass is 262 g/mol. The highest BCUT2D eigenvalue weighted by Crippen LogP contribution is 2.27. The predicted molar refractivity (Wildman–Crippen MR) is 71.2 cm³/mol. The molecule has 0 radical (unpaired) electrons. The third kappa shape index (κ3) is 3.93. The van der Waals surface area contributed by atoms with Crippen LogP contribution < -0.4 is 10.5 Å². The smallest absolute Gasteiger partial charge is 0.215 e. The Morgan fingerprint density at radius 2 is 1.94 bits per heavy atom. The normalized spacial score (nSPS) is 27.9. The van der Waals surface area contributed by atoms with Crippen molar-refractivity contribution in [1.29, 1.82) is 0 Å². The maximum absolute atomic E-state index is 12.1. The fourth-order valence-corrected chi connectivity index (χ4v) is 4.29. The minimum Gasteiger partial charge on any atom is -0.329 e. The van der Waals surface area contributed by atoms with Crippen molar-refractivity contribution in [2.75, 3.05) is 6.54 Å². The SMILES string of the molecule is CCC1CCCCC1NS(=O)(=O)C(CC)CN. The van der Waals surface area contributed by atoms with Gasteiger partial charge in [-0.15, -0.1) is 0 Å². The van der Waals surface area contributed by atoms with E-state index < -0.39 is 15.3 Å². The van der Waals surface area contributed by atoms with Crippen LogP contribution in [-0.2, 0) is 10.0 Å². The van der Waals surface area contributed by atoms with Crippen molar-refractivity contribution in [2.24, 2.45) is 11.7 Å². The highest BCUT2D eigenvalue weighted by atomic mass is 32.2. The summed E-state index contributed by atoms with van der Waals surface area (Å²) in [6, 6.07) is 0.124. The van der Waals surface area contributed by atoms with E-state index in [9.17, 15) is 8.42 Å². The summed E-state index contributed by atoms with van der Waals surface area (Å²) in [5.41, 5.74) is 5.52. The highest BCUT2D eigenvalue weighted by Gasteiger charge is 2.30. The van der Waals surface area contributed by atoms with Crippen LogP contribution in [0.4, 0.5) is 0 Å². The fourth-order valence-electron chi connectivity index (χ4n) is 2.67. The molecule has 3 N–H and O–H groups in total. The molecule has 1 fully saturated rings. The second kappa shape index (κ2) is 6.71. The first-order valence-electron chi connectivity index (χ1n) is 6.76. The maximum atomic E-state index is 12.1. The largest absolute Gasteiger partial charge is 0.329 e. The Balaban J connectivity index is 2.68. The molecule has 0 saturated heterocycles. The van der Waals surface area contributed by atoms with Crippen molar-refractivity contribution >= 4 is 10.0 Å². The first kappa shape index (κ1) is 14.9. The Labute approximate surface area is 105 Å². The summed E-state index contributed by atoms with van der Waals surface area (Å²) in [6.07, 6.45) is 6.09. The summed E-state index contributed by atoms with van der Waals surface area (Å²) in [5.74, 6) is 0.494. The molecular weight excluding hydrogens is 236 g/mol. The van der Waals surface area contributed by atoms with E-state index in [0.717, 1.165) is 25.7 Å². The summed E-state index contributed by atoms with van der Waals surface area (Å²) in [7, 11) is -3.24. The third-order valence-corrected chi connectivity index (χ3v) is 5.94. The number of hydrogen-bond donors (Lipinski definition) is 2. The van der Waals surface area contributed by atoms with E-state index in [2.05, 4.69) is 11.6 Å². The van der Waals surface area contributed by atoms with Crippen molar-refractivity contribution in [3.8, 4) is 0 Å². The molecule has 0 amide bonds. The van der Waals surface area contributed by atoms with Gasteiger partial charge >= 0.3 is 0 Å². The molecule has 0 aliphatic heterocycles. The van der Waals surface area contributed by atoms with Crippen molar-refractivity contribution in [3.05, 3.63) is 0 Å². The molecule has 1 rings (SSSR count). The number of nitrogens with two attached hydrogens (primary N) is 1. The third-order valence-electron chi connectivity index (χ3n) is 3.91. The summed E-state index contributed by atoms with van der Waals surface area (Å²) in [6.45, 7) is 4.21. The second-order valence-corrected chi connectivity index (χ2v) is 6.98. The first-order chi connectivity index (χ1) is 8.05. The van der Waals surface area contributed by atoms with Crippen LogP contribution in [0.25, 0.3) is 0 Å². The van der Waals surface area contributed by atoms with Gasteiger partial charge in [0.05, 0.1) is 5.25 Å². The number of nitrogens with one attached hydrogen (secondary N) is 1. The van der Waals surface area contributed by atoms with Crippen LogP contribution in [0.5, 0.6) is 0 Å². The van der Waals surface area contributed by atoms with Gasteiger partial charge in [0, 0.05) is 12.6 Å². The van der Waals surface area contributed by atoms with Gasteiger partial charge in [0.2, 0.25) is 10.0 Å². The molecule has 4 nitrogen and oxygen atoms in total. The molecule has 102 valence electrons. The molecule has 1 saturated carbocycles. The molecule has 3 atom stereocenters. The average Bonchev–Trinajstić information content (AvgIpc) is 2.30. The lowest BCUT2D eigenvalue weighted by Gasteiger charge is -2.32. The Kier molecular flexibility index (Phi) is 5.89. The molecule has 1 aliphatic rings. The van der Waals surface area contributed by atoms with E-state index >= 15 is 0 Å². The van der Waals surface area contributed by atoms with Crippen molar-refractivity contribution in [3.63, 3.8) is 0 Å². The minimum atomic E-state index is -3.24. The standard InChI is InChI=1S/C12H26N2O2S/c1-3-10-7-5-6-8-12(10)14-17(15,16)11(4-2)9-13/h10-12,14H,3-9,13H2,1-2H3. The second-order valence-electron chi connectivity index (χ2n) is 4.99. The molecule has 0 aromatic rings. The van der Waals surface area contributed by atoms with Crippen LogP contribution >= 0.6 is 0 Å². The summed E-state index contributed by atoms with van der Waals surface area (Å²) < 4.78 is 27.2. The topological polar surface area (TPSA) is 72.2 Å². The molecular formula is C12H26N2O2S. The van der Waals surface area contributed by atoms with Crippen LogP contribution in [0.15, 0.2) is 0 Å². The summed E-state index contributed by atoms with van der Waals surface area (Å²) >= 11 is 0. The van der Waals surface area contributed by atoms with Gasteiger partial charge < -0.3 is 5.73 Å². The zero-order valence-electron chi connectivity index (χ0n) is 11.0. The van der Waals surface area contributed by atoms with Crippen LogP contribution in [0, 0.1) is 5.92 Å².